The zero-order valence-electron chi connectivity index (χ0n) is 20.9. The van der Waals surface area contributed by atoms with Crippen LogP contribution >= 0.6 is 0 Å². The van der Waals surface area contributed by atoms with Gasteiger partial charge in [0.05, 0.1) is 18.3 Å². The van der Waals surface area contributed by atoms with Crippen molar-refractivity contribution in [3.63, 3.8) is 0 Å². The van der Waals surface area contributed by atoms with E-state index >= 15 is 0 Å². The molecule has 0 amide bonds. The largest absolute Gasteiger partial charge is 0.382 e. The van der Waals surface area contributed by atoms with E-state index in [0.717, 1.165) is 18.8 Å². The van der Waals surface area contributed by atoms with Gasteiger partial charge in [-0.3, -0.25) is 0 Å². The zero-order chi connectivity index (χ0) is 22.9. The highest BCUT2D eigenvalue weighted by molar-refractivity contribution is 5.39. The molecule has 6 unspecified atom stereocenters. The summed E-state index contributed by atoms with van der Waals surface area (Å²) < 4.78 is 12.4. The summed E-state index contributed by atoms with van der Waals surface area (Å²) in [6.45, 7) is 11.7. The molecule has 0 spiro atoms. The van der Waals surface area contributed by atoms with Gasteiger partial charge in [-0.05, 0) is 85.3 Å². The molecule has 2 nitrogen and oxygen atoms in total. The van der Waals surface area contributed by atoms with Gasteiger partial charge in [0.25, 0.3) is 0 Å². The van der Waals surface area contributed by atoms with Crippen LogP contribution in [-0.4, -0.2) is 19.3 Å². The molecule has 2 fully saturated rings. The van der Waals surface area contributed by atoms with Crippen molar-refractivity contribution in [2.75, 3.05) is 7.11 Å². The van der Waals surface area contributed by atoms with Crippen LogP contribution in [0.1, 0.15) is 83.1 Å². The molecule has 0 aliphatic heterocycles. The Labute approximate surface area is 195 Å². The van der Waals surface area contributed by atoms with Crippen molar-refractivity contribution in [3.8, 4) is 0 Å². The summed E-state index contributed by atoms with van der Waals surface area (Å²) in [6.07, 6.45) is 6.34. The highest BCUT2D eigenvalue weighted by Gasteiger charge is 2.66. The number of fused-ring (bicyclic) bond motifs is 1. The highest BCUT2D eigenvalue weighted by atomic mass is 16.5. The third kappa shape index (κ3) is 4.29. The van der Waals surface area contributed by atoms with Gasteiger partial charge in [0.1, 0.15) is 0 Å². The summed E-state index contributed by atoms with van der Waals surface area (Å²) in [4.78, 5) is 0. The second-order valence-electron chi connectivity index (χ2n) is 10.9. The predicted octanol–water partition coefficient (Wildman–Crippen LogP) is 7.51. The maximum Gasteiger partial charge on any atom is 0.0862 e. The first-order chi connectivity index (χ1) is 15.3. The fraction of sp³-hybridized carbons (Fsp3) is 0.600. The smallest absolute Gasteiger partial charge is 0.0862 e. The first-order valence-electron chi connectivity index (χ1n) is 12.6. The Morgan fingerprint density at radius 2 is 1.66 bits per heavy atom. The van der Waals surface area contributed by atoms with Gasteiger partial charge < -0.3 is 9.47 Å². The van der Waals surface area contributed by atoms with Crippen molar-refractivity contribution in [1.29, 1.82) is 0 Å². The van der Waals surface area contributed by atoms with Gasteiger partial charge in [0.15, 0.2) is 0 Å². The van der Waals surface area contributed by atoms with E-state index in [1.807, 2.05) is 0 Å². The second-order valence-corrected chi connectivity index (χ2v) is 10.9. The molecule has 2 aromatic rings. The Balaban J connectivity index is 1.61. The van der Waals surface area contributed by atoms with Crippen LogP contribution in [0, 0.1) is 17.3 Å². The fourth-order valence-electron chi connectivity index (χ4n) is 6.83. The molecule has 2 aromatic carbocycles. The standard InChI is InChI=1S/C30H42O2/c1-7-23-13-11-12-16-25(23)29(4)18-17-26(30(5)20-27(29)30)28(24-14-9-8-10-15-24)32-22(3)19-21(2)31-6/h8-16,21-22,26-28H,7,17-20H2,1-6H3/t21?,22?,26?,27?,28-,29?,30?/m0/s1. The maximum absolute atomic E-state index is 6.85. The molecule has 2 heteroatoms. The Kier molecular flexibility index (Phi) is 6.84. The van der Waals surface area contributed by atoms with E-state index in [1.54, 1.807) is 12.7 Å². The molecule has 0 saturated heterocycles. The minimum atomic E-state index is 0.149. The number of aryl methyl sites for hydroxylation is 1. The number of rotatable bonds is 9. The van der Waals surface area contributed by atoms with Crippen LogP contribution in [0.5, 0.6) is 0 Å². The number of methoxy groups -OCH3 is 1. The lowest BCUT2D eigenvalue weighted by molar-refractivity contribution is -0.0837. The maximum atomic E-state index is 6.85. The molecular formula is C30H42O2. The predicted molar refractivity (Wildman–Crippen MR) is 133 cm³/mol. The summed E-state index contributed by atoms with van der Waals surface area (Å²) in [5, 5.41) is 0. The monoisotopic (exact) mass is 434 g/mol. The SMILES string of the molecule is CCc1ccccc1C1(C)CCC([C@@H](OC(C)CC(C)OC)c2ccccc2)C2(C)CC12. The molecule has 4 rings (SSSR count). The Bertz CT molecular complexity index is 893. The molecule has 0 radical (unpaired) electrons. The average Bonchev–Trinajstić information content (AvgIpc) is 3.52. The summed E-state index contributed by atoms with van der Waals surface area (Å²) in [6, 6.07) is 20.1. The van der Waals surface area contributed by atoms with Crippen LogP contribution in [0.25, 0.3) is 0 Å². The van der Waals surface area contributed by atoms with Crippen molar-refractivity contribution in [3.05, 3.63) is 71.3 Å². The normalized spacial score (nSPS) is 32.1. The average molecular weight is 435 g/mol. The highest BCUT2D eigenvalue weighted by Crippen LogP contribution is 2.72. The van der Waals surface area contributed by atoms with Crippen LogP contribution in [0.15, 0.2) is 54.6 Å². The van der Waals surface area contributed by atoms with Gasteiger partial charge in [-0.2, -0.15) is 0 Å². The lowest BCUT2D eigenvalue weighted by atomic mass is 9.61. The van der Waals surface area contributed by atoms with Crippen LogP contribution in [0.2, 0.25) is 0 Å². The first-order valence-corrected chi connectivity index (χ1v) is 12.6. The van der Waals surface area contributed by atoms with Crippen LogP contribution < -0.4 is 0 Å². The number of hydrogen-bond acceptors (Lipinski definition) is 2. The molecule has 7 atom stereocenters. The van der Waals surface area contributed by atoms with Crippen LogP contribution in [0.4, 0.5) is 0 Å². The van der Waals surface area contributed by atoms with Crippen LogP contribution in [0.3, 0.4) is 0 Å². The van der Waals surface area contributed by atoms with E-state index in [0.29, 0.717) is 11.3 Å². The topological polar surface area (TPSA) is 18.5 Å². The van der Waals surface area contributed by atoms with E-state index in [1.165, 1.54) is 30.4 Å². The van der Waals surface area contributed by atoms with E-state index in [9.17, 15) is 0 Å². The van der Waals surface area contributed by atoms with E-state index in [4.69, 9.17) is 9.47 Å². The van der Waals surface area contributed by atoms with E-state index in [2.05, 4.69) is 89.2 Å². The minimum absolute atomic E-state index is 0.149. The Morgan fingerprint density at radius 1 is 0.969 bits per heavy atom. The van der Waals surface area contributed by atoms with Gasteiger partial charge in [-0.15, -0.1) is 0 Å². The van der Waals surface area contributed by atoms with Crippen molar-refractivity contribution < 1.29 is 9.47 Å². The summed E-state index contributed by atoms with van der Waals surface area (Å²) in [5.41, 5.74) is 5.06. The van der Waals surface area contributed by atoms with Gasteiger partial charge in [-0.25, -0.2) is 0 Å². The van der Waals surface area contributed by atoms with Crippen molar-refractivity contribution in [1.82, 2.24) is 0 Å². The molecule has 0 bridgehead atoms. The molecule has 0 heterocycles. The molecular weight excluding hydrogens is 392 g/mol. The van der Waals surface area contributed by atoms with Gasteiger partial charge >= 0.3 is 0 Å². The molecule has 0 N–H and O–H groups in total. The van der Waals surface area contributed by atoms with Crippen molar-refractivity contribution in [2.45, 2.75) is 90.4 Å². The first kappa shape index (κ1) is 23.5. The molecule has 2 aliphatic carbocycles. The summed E-state index contributed by atoms with van der Waals surface area (Å²) in [7, 11) is 1.79. The molecule has 2 aliphatic rings. The Morgan fingerprint density at radius 3 is 2.34 bits per heavy atom. The quantitative estimate of drug-likeness (QED) is 0.406. The summed E-state index contributed by atoms with van der Waals surface area (Å²) >= 11 is 0. The van der Waals surface area contributed by atoms with E-state index < -0.39 is 0 Å². The van der Waals surface area contributed by atoms with Gasteiger partial charge in [-0.1, -0.05) is 75.4 Å². The fourth-order valence-corrected chi connectivity index (χ4v) is 6.83. The second kappa shape index (κ2) is 9.31. The number of benzene rings is 2. The minimum Gasteiger partial charge on any atom is -0.382 e. The lowest BCUT2D eigenvalue weighted by Gasteiger charge is -2.45. The molecule has 174 valence electrons. The summed E-state index contributed by atoms with van der Waals surface area (Å²) in [5.74, 6) is 1.28. The zero-order valence-corrected chi connectivity index (χ0v) is 20.9. The number of hydrogen-bond donors (Lipinski definition) is 0. The van der Waals surface area contributed by atoms with Crippen LogP contribution in [-0.2, 0) is 21.3 Å². The Hall–Kier alpha value is -1.64. The van der Waals surface area contributed by atoms with Gasteiger partial charge in [0, 0.05) is 7.11 Å². The third-order valence-electron chi connectivity index (χ3n) is 8.82. The third-order valence-corrected chi connectivity index (χ3v) is 8.82. The molecule has 2 saturated carbocycles. The van der Waals surface area contributed by atoms with Crippen molar-refractivity contribution in [2.24, 2.45) is 17.3 Å². The molecule has 32 heavy (non-hydrogen) atoms. The lowest BCUT2D eigenvalue weighted by Crippen LogP contribution is -2.39. The van der Waals surface area contributed by atoms with Gasteiger partial charge in [0.2, 0.25) is 0 Å². The number of ether oxygens (including phenoxy) is 2. The van der Waals surface area contributed by atoms with E-state index in [-0.39, 0.29) is 23.7 Å². The molecule has 0 aromatic heterocycles. The van der Waals surface area contributed by atoms with Crippen molar-refractivity contribution >= 4 is 0 Å².